The number of ether oxygens (including phenoxy) is 1. The molecule has 2 aliphatic rings. The summed E-state index contributed by atoms with van der Waals surface area (Å²) in [5, 5.41) is 31.0. The lowest BCUT2D eigenvalue weighted by atomic mass is 9.46. The molecule has 1 saturated carbocycles. The first kappa shape index (κ1) is 23.1. The van der Waals surface area contributed by atoms with E-state index in [0.717, 1.165) is 12.8 Å². The average molecular weight is 405 g/mol. The van der Waals surface area contributed by atoms with Gasteiger partial charge in [0.25, 0.3) is 0 Å². The highest BCUT2D eigenvalue weighted by Crippen LogP contribution is 2.61. The van der Waals surface area contributed by atoms with E-state index in [1.165, 1.54) is 12.2 Å². The van der Waals surface area contributed by atoms with Crippen molar-refractivity contribution in [1.82, 2.24) is 0 Å². The van der Waals surface area contributed by atoms with Crippen LogP contribution in [0.5, 0.6) is 0 Å². The van der Waals surface area contributed by atoms with Crippen LogP contribution in [0.1, 0.15) is 47.0 Å². The number of hydrogen-bond donors (Lipinski definition) is 3. The van der Waals surface area contributed by atoms with Gasteiger partial charge in [-0.05, 0) is 36.8 Å². The topological polar surface area (TPSA) is 104 Å². The van der Waals surface area contributed by atoms with E-state index in [1.54, 1.807) is 25.2 Å². The molecule has 0 spiro atoms. The number of esters is 1. The van der Waals surface area contributed by atoms with E-state index in [0.29, 0.717) is 6.42 Å². The Kier molecular flexibility index (Phi) is 6.91. The van der Waals surface area contributed by atoms with Gasteiger partial charge in [0.2, 0.25) is 0 Å². The van der Waals surface area contributed by atoms with E-state index in [2.05, 4.69) is 0 Å². The Balaban J connectivity index is 2.45. The van der Waals surface area contributed by atoms with Gasteiger partial charge in [-0.1, -0.05) is 57.6 Å². The molecule has 3 N–H and O–H groups in total. The van der Waals surface area contributed by atoms with Crippen molar-refractivity contribution in [2.45, 2.75) is 58.7 Å². The second-order valence-electron chi connectivity index (χ2n) is 8.77. The predicted octanol–water partition coefficient (Wildman–Crippen LogP) is 3.17. The minimum Gasteiger partial charge on any atom is -0.479 e. The van der Waals surface area contributed by atoms with Crippen LogP contribution >= 0.6 is 0 Å². The van der Waals surface area contributed by atoms with Crippen LogP contribution in [0.2, 0.25) is 0 Å². The number of carbonyl (C=O) groups is 2. The van der Waals surface area contributed by atoms with Gasteiger partial charge in [-0.25, -0.2) is 9.59 Å². The zero-order valence-corrected chi connectivity index (χ0v) is 17.6. The molecule has 0 aromatic carbocycles. The van der Waals surface area contributed by atoms with Gasteiger partial charge in [0.15, 0.2) is 5.60 Å². The molecule has 4 atom stereocenters. The lowest BCUT2D eigenvalue weighted by molar-refractivity contribution is -0.204. The molecule has 0 saturated heterocycles. The molecular weight excluding hydrogens is 372 g/mol. The highest BCUT2D eigenvalue weighted by atomic mass is 16.5. The molecule has 0 heterocycles. The van der Waals surface area contributed by atoms with E-state index < -0.39 is 41.6 Å². The molecule has 0 aliphatic heterocycles. The van der Waals surface area contributed by atoms with Gasteiger partial charge in [0, 0.05) is 17.4 Å². The van der Waals surface area contributed by atoms with Gasteiger partial charge in [0.1, 0.15) is 6.10 Å². The summed E-state index contributed by atoms with van der Waals surface area (Å²) in [4.78, 5) is 24.5. The third-order valence-corrected chi connectivity index (χ3v) is 6.52. The molecule has 0 aromatic rings. The predicted molar refractivity (Wildman–Crippen MR) is 110 cm³/mol. The Bertz CT molecular complexity index is 759. The van der Waals surface area contributed by atoms with Crippen molar-refractivity contribution in [3.63, 3.8) is 0 Å². The van der Waals surface area contributed by atoms with Crippen molar-refractivity contribution in [3.8, 4) is 0 Å². The van der Waals surface area contributed by atoms with E-state index >= 15 is 0 Å². The van der Waals surface area contributed by atoms with Crippen LogP contribution in [-0.2, 0) is 14.3 Å². The molecule has 6 heteroatoms. The Morgan fingerprint density at radius 2 is 1.83 bits per heavy atom. The number of fused-ring (bicyclic) bond motifs is 1. The first-order valence-electron chi connectivity index (χ1n) is 9.99. The van der Waals surface area contributed by atoms with Crippen molar-refractivity contribution in [3.05, 3.63) is 48.1 Å². The van der Waals surface area contributed by atoms with Gasteiger partial charge in [-0.15, -0.1) is 0 Å². The fourth-order valence-corrected chi connectivity index (χ4v) is 5.28. The molecule has 160 valence electrons. The highest BCUT2D eigenvalue weighted by molar-refractivity contribution is 5.85. The average Bonchev–Trinajstić information content (AvgIpc) is 2.63. The number of carboxylic acids is 1. The smallest absolute Gasteiger partial charge is 0.340 e. The zero-order valence-electron chi connectivity index (χ0n) is 17.6. The molecule has 2 aliphatic carbocycles. The summed E-state index contributed by atoms with van der Waals surface area (Å²) in [5.41, 5.74) is -3.70. The number of aliphatic carboxylic acids is 1. The molecule has 0 amide bonds. The maximum Gasteiger partial charge on any atom is 0.340 e. The Morgan fingerprint density at radius 1 is 1.17 bits per heavy atom. The normalized spacial score (nSPS) is 34.3. The molecule has 6 nitrogen and oxygen atoms in total. The van der Waals surface area contributed by atoms with Crippen molar-refractivity contribution in [2.24, 2.45) is 16.7 Å². The van der Waals surface area contributed by atoms with Crippen LogP contribution in [0.15, 0.2) is 48.1 Å². The fraction of sp³-hybridized carbons (Fsp3) is 0.565. The number of allylic oxidation sites excluding steroid dienone is 5. The third-order valence-electron chi connectivity index (χ3n) is 6.52. The van der Waals surface area contributed by atoms with Crippen LogP contribution in [0, 0.1) is 16.7 Å². The number of aliphatic hydroxyl groups is 2. The first-order chi connectivity index (χ1) is 13.5. The Morgan fingerprint density at radius 3 is 2.41 bits per heavy atom. The van der Waals surface area contributed by atoms with E-state index in [4.69, 9.17) is 4.74 Å². The summed E-state index contributed by atoms with van der Waals surface area (Å²) >= 11 is 0. The minimum atomic E-state index is -2.21. The van der Waals surface area contributed by atoms with Gasteiger partial charge in [0.05, 0.1) is 6.61 Å². The number of hydrogen-bond acceptors (Lipinski definition) is 5. The standard InChI is InChI=1S/C23H32O6/c1-5-6-7-8-9-11-18(25)29-17-14-16(15-24)23(28,20(26)27)22(4)13-10-12-21(2,3)19(17)22/h5-9,11,14,17,19,24,28H,10,12-13,15H2,1-4H3,(H,26,27)/b6-5+,8-7+,11-9+/t17-,19+,22+,23-/m1/s1. The van der Waals surface area contributed by atoms with E-state index in [1.807, 2.05) is 32.9 Å². The van der Waals surface area contributed by atoms with Crippen molar-refractivity contribution in [1.29, 1.82) is 0 Å². The lowest BCUT2D eigenvalue weighted by Crippen LogP contribution is -2.66. The molecule has 0 bridgehead atoms. The van der Waals surface area contributed by atoms with Gasteiger partial charge < -0.3 is 20.1 Å². The first-order valence-corrected chi connectivity index (χ1v) is 9.99. The molecule has 1 fully saturated rings. The maximum absolute atomic E-state index is 12.4. The fourth-order valence-electron chi connectivity index (χ4n) is 5.28. The Labute approximate surface area is 172 Å². The third kappa shape index (κ3) is 4.09. The molecule has 0 radical (unpaired) electrons. The number of carbonyl (C=O) groups excluding carboxylic acids is 1. The SMILES string of the molecule is C/C=C/C=C/C=C/C(=O)O[C@@H]1C=C(CO)[C@@](O)(C(=O)O)[C@@]2(C)CCCC(C)(C)[C@H]12. The quantitative estimate of drug-likeness (QED) is 0.272. The minimum absolute atomic E-state index is 0.0313. The maximum atomic E-state index is 12.4. The van der Waals surface area contributed by atoms with Crippen LogP contribution in [-0.4, -0.2) is 45.6 Å². The number of carboxylic acid groups (broad SMARTS) is 1. The van der Waals surface area contributed by atoms with Crippen molar-refractivity contribution < 1.29 is 29.6 Å². The van der Waals surface area contributed by atoms with Gasteiger partial charge in [-0.2, -0.15) is 0 Å². The summed E-state index contributed by atoms with van der Waals surface area (Å²) < 4.78 is 5.70. The van der Waals surface area contributed by atoms with Crippen LogP contribution in [0.25, 0.3) is 0 Å². The summed E-state index contributed by atoms with van der Waals surface area (Å²) in [7, 11) is 0. The zero-order chi connectivity index (χ0) is 21.9. The summed E-state index contributed by atoms with van der Waals surface area (Å²) in [6.07, 6.45) is 12.7. The van der Waals surface area contributed by atoms with Gasteiger partial charge >= 0.3 is 11.9 Å². The summed E-state index contributed by atoms with van der Waals surface area (Å²) in [6, 6.07) is 0. The lowest BCUT2D eigenvalue weighted by Gasteiger charge is -2.60. The molecule has 2 rings (SSSR count). The van der Waals surface area contributed by atoms with Crippen LogP contribution in [0.3, 0.4) is 0 Å². The highest BCUT2D eigenvalue weighted by Gasteiger charge is 2.67. The monoisotopic (exact) mass is 404 g/mol. The number of aliphatic hydroxyl groups excluding tert-OH is 1. The largest absolute Gasteiger partial charge is 0.479 e. The van der Waals surface area contributed by atoms with Crippen molar-refractivity contribution in [2.75, 3.05) is 6.61 Å². The summed E-state index contributed by atoms with van der Waals surface area (Å²) in [6.45, 7) is 7.00. The molecule has 0 aromatic heterocycles. The number of rotatable bonds is 6. The Hall–Kier alpha value is -2.18. The molecular formula is C23H32O6. The van der Waals surface area contributed by atoms with Gasteiger partial charge in [-0.3, -0.25) is 0 Å². The second-order valence-corrected chi connectivity index (χ2v) is 8.77. The molecule has 0 unspecified atom stereocenters. The van der Waals surface area contributed by atoms with Crippen LogP contribution in [0.4, 0.5) is 0 Å². The van der Waals surface area contributed by atoms with E-state index in [-0.39, 0.29) is 11.0 Å². The van der Waals surface area contributed by atoms with E-state index in [9.17, 15) is 24.9 Å². The van der Waals surface area contributed by atoms with Crippen molar-refractivity contribution >= 4 is 11.9 Å². The summed E-state index contributed by atoms with van der Waals surface area (Å²) in [5.74, 6) is -2.36. The molecule has 29 heavy (non-hydrogen) atoms. The second kappa shape index (κ2) is 8.67. The van der Waals surface area contributed by atoms with Crippen LogP contribution < -0.4 is 0 Å².